The van der Waals surface area contributed by atoms with Crippen LogP contribution in [0, 0.1) is 19.8 Å². The van der Waals surface area contributed by atoms with Gasteiger partial charge in [0, 0.05) is 23.9 Å². The summed E-state index contributed by atoms with van der Waals surface area (Å²) in [6.07, 6.45) is 6.94. The number of pyridine rings is 1. The summed E-state index contributed by atoms with van der Waals surface area (Å²) in [5.41, 5.74) is 3.73. The number of fused-ring (bicyclic) bond motifs is 1. The van der Waals surface area contributed by atoms with E-state index in [1.807, 2.05) is 48.7 Å². The second-order valence-corrected chi connectivity index (χ2v) is 8.10. The molecule has 8 nitrogen and oxygen atoms in total. The summed E-state index contributed by atoms with van der Waals surface area (Å²) in [6, 6.07) is 7.92. The molecule has 3 heterocycles. The Hall–Kier alpha value is -3.16. The monoisotopic (exact) mass is 408 g/mol. The van der Waals surface area contributed by atoms with E-state index in [4.69, 9.17) is 0 Å². The van der Waals surface area contributed by atoms with E-state index in [0.717, 1.165) is 48.4 Å². The first-order valence-electron chi connectivity index (χ1n) is 10.5. The highest BCUT2D eigenvalue weighted by atomic mass is 16.2. The van der Waals surface area contributed by atoms with Gasteiger partial charge in [0.1, 0.15) is 12.2 Å². The van der Waals surface area contributed by atoms with E-state index < -0.39 is 0 Å². The molecule has 0 atom stereocenters. The Balaban J connectivity index is 1.22. The van der Waals surface area contributed by atoms with Gasteiger partial charge in [0.15, 0.2) is 0 Å². The van der Waals surface area contributed by atoms with Crippen LogP contribution in [0.2, 0.25) is 0 Å². The second-order valence-electron chi connectivity index (χ2n) is 8.10. The molecule has 0 radical (unpaired) electrons. The number of aromatic nitrogens is 4. The Morgan fingerprint density at radius 2 is 1.97 bits per heavy atom. The fraction of sp³-hybridized carbons (Fsp3) is 0.455. The topological polar surface area (TPSA) is 93.3 Å². The fourth-order valence-corrected chi connectivity index (χ4v) is 4.18. The van der Waals surface area contributed by atoms with E-state index >= 15 is 0 Å². The summed E-state index contributed by atoms with van der Waals surface area (Å²) < 4.78 is 3.71. The lowest BCUT2D eigenvalue weighted by Crippen LogP contribution is -2.42. The molecule has 30 heavy (non-hydrogen) atoms. The van der Waals surface area contributed by atoms with Crippen LogP contribution in [-0.4, -0.2) is 37.0 Å². The van der Waals surface area contributed by atoms with Crippen LogP contribution in [0.5, 0.6) is 0 Å². The molecule has 2 amide bonds. The number of hydrogen-bond acceptors (Lipinski definition) is 4. The predicted octanol–water partition coefficient (Wildman–Crippen LogP) is 2.14. The summed E-state index contributed by atoms with van der Waals surface area (Å²) in [7, 11) is 0. The number of amides is 2. The van der Waals surface area contributed by atoms with Gasteiger partial charge in [-0.25, -0.2) is 4.98 Å². The van der Waals surface area contributed by atoms with Gasteiger partial charge in [0.2, 0.25) is 11.8 Å². The lowest BCUT2D eigenvalue weighted by molar-refractivity contribution is -0.126. The number of nitrogens with zero attached hydrogens (tertiary/aromatic N) is 4. The Bertz CT molecular complexity index is 1050. The molecule has 0 spiro atoms. The van der Waals surface area contributed by atoms with Crippen LogP contribution in [0.4, 0.5) is 0 Å². The van der Waals surface area contributed by atoms with Crippen LogP contribution >= 0.6 is 0 Å². The minimum absolute atomic E-state index is 0.00616. The summed E-state index contributed by atoms with van der Waals surface area (Å²) in [4.78, 5) is 29.3. The molecule has 3 aromatic heterocycles. The van der Waals surface area contributed by atoms with Gasteiger partial charge in [0.25, 0.3) is 0 Å². The van der Waals surface area contributed by atoms with Crippen molar-refractivity contribution in [3.63, 3.8) is 0 Å². The summed E-state index contributed by atoms with van der Waals surface area (Å²) >= 11 is 0. The number of aryl methyl sites for hydroxylation is 2. The first-order chi connectivity index (χ1) is 14.5. The highest BCUT2D eigenvalue weighted by Gasteiger charge is 2.27. The van der Waals surface area contributed by atoms with Crippen molar-refractivity contribution in [3.8, 4) is 0 Å². The first kappa shape index (κ1) is 20.1. The van der Waals surface area contributed by atoms with Crippen LogP contribution in [0.15, 0.2) is 36.7 Å². The van der Waals surface area contributed by atoms with Gasteiger partial charge < -0.3 is 15.0 Å². The van der Waals surface area contributed by atoms with Gasteiger partial charge in [-0.3, -0.25) is 14.3 Å². The zero-order valence-corrected chi connectivity index (χ0v) is 17.5. The van der Waals surface area contributed by atoms with Crippen molar-refractivity contribution in [2.45, 2.75) is 58.7 Å². The van der Waals surface area contributed by atoms with Crippen molar-refractivity contribution >= 4 is 17.5 Å². The van der Waals surface area contributed by atoms with Crippen molar-refractivity contribution in [2.75, 3.05) is 0 Å². The largest absolute Gasteiger partial charge is 0.352 e. The molecule has 1 saturated carbocycles. The minimum Gasteiger partial charge on any atom is -0.352 e. The predicted molar refractivity (Wildman–Crippen MR) is 113 cm³/mol. The quantitative estimate of drug-likeness (QED) is 0.654. The maximum Gasteiger partial charge on any atom is 0.241 e. The van der Waals surface area contributed by atoms with E-state index in [2.05, 4.69) is 20.7 Å². The van der Waals surface area contributed by atoms with E-state index in [1.165, 1.54) is 0 Å². The van der Waals surface area contributed by atoms with Crippen LogP contribution < -0.4 is 10.6 Å². The van der Waals surface area contributed by atoms with Crippen LogP contribution in [0.1, 0.15) is 42.8 Å². The number of carbonyl (C=O) groups excluding carboxylic acids is 2. The lowest BCUT2D eigenvalue weighted by atomic mass is 9.85. The molecule has 4 rings (SSSR count). The highest BCUT2D eigenvalue weighted by molar-refractivity contribution is 5.79. The average Bonchev–Trinajstić information content (AvgIpc) is 3.29. The third-order valence-electron chi connectivity index (χ3n) is 5.80. The smallest absolute Gasteiger partial charge is 0.241 e. The lowest BCUT2D eigenvalue weighted by Gasteiger charge is -2.28. The molecule has 1 fully saturated rings. The van der Waals surface area contributed by atoms with Crippen molar-refractivity contribution in [3.05, 3.63) is 53.7 Å². The zero-order valence-electron chi connectivity index (χ0n) is 17.5. The third kappa shape index (κ3) is 4.53. The molecule has 0 aliphatic heterocycles. The molecule has 2 N–H and O–H groups in total. The highest BCUT2D eigenvalue weighted by Crippen LogP contribution is 2.24. The van der Waals surface area contributed by atoms with Gasteiger partial charge >= 0.3 is 0 Å². The molecule has 0 saturated heterocycles. The molecule has 8 heteroatoms. The van der Waals surface area contributed by atoms with Crippen LogP contribution in [-0.2, 0) is 22.7 Å². The summed E-state index contributed by atoms with van der Waals surface area (Å²) in [5, 5.41) is 10.5. The standard InChI is InChI=1S/C22H28N6O2/c1-15-11-16(2)28(26-15)14-21(29)25-18-8-6-17(7-9-18)22(30)24-13-19-12-23-20-5-3-4-10-27(19)20/h3-5,10-12,17-18H,6-9,13-14H2,1-2H3,(H,24,30)(H,25,29). The van der Waals surface area contributed by atoms with Gasteiger partial charge in [-0.2, -0.15) is 5.10 Å². The van der Waals surface area contributed by atoms with E-state index in [-0.39, 0.29) is 30.3 Å². The van der Waals surface area contributed by atoms with Gasteiger partial charge in [-0.15, -0.1) is 0 Å². The Kier molecular flexibility index (Phi) is 5.83. The van der Waals surface area contributed by atoms with Crippen molar-refractivity contribution in [1.82, 2.24) is 29.8 Å². The maximum atomic E-state index is 12.6. The molecule has 0 unspecified atom stereocenters. The Morgan fingerprint density at radius 3 is 2.70 bits per heavy atom. The third-order valence-corrected chi connectivity index (χ3v) is 5.80. The van der Waals surface area contributed by atoms with Crippen molar-refractivity contribution in [1.29, 1.82) is 0 Å². The summed E-state index contributed by atoms with van der Waals surface area (Å²) in [6.45, 7) is 4.57. The second kappa shape index (κ2) is 8.69. The minimum atomic E-state index is -0.0262. The van der Waals surface area contributed by atoms with Gasteiger partial charge in [-0.05, 0) is 57.7 Å². The SMILES string of the molecule is Cc1cc(C)n(CC(=O)NC2CCC(C(=O)NCc3cnc4ccccn34)CC2)n1. The number of rotatable bonds is 6. The molecular formula is C22H28N6O2. The molecule has 158 valence electrons. The Labute approximate surface area is 175 Å². The van der Waals surface area contributed by atoms with E-state index in [1.54, 1.807) is 10.9 Å². The van der Waals surface area contributed by atoms with Crippen molar-refractivity contribution in [2.24, 2.45) is 5.92 Å². The average molecular weight is 409 g/mol. The summed E-state index contributed by atoms with van der Waals surface area (Å²) in [5.74, 6) is 0.0448. The first-order valence-corrected chi connectivity index (χ1v) is 10.5. The fourth-order valence-electron chi connectivity index (χ4n) is 4.18. The van der Waals surface area contributed by atoms with Crippen molar-refractivity contribution < 1.29 is 9.59 Å². The van der Waals surface area contributed by atoms with Gasteiger partial charge in [0.05, 0.1) is 24.1 Å². The molecular weight excluding hydrogens is 380 g/mol. The molecule has 1 aliphatic carbocycles. The van der Waals surface area contributed by atoms with Gasteiger partial charge in [-0.1, -0.05) is 6.07 Å². The number of imidazole rings is 1. The van der Waals surface area contributed by atoms with E-state index in [0.29, 0.717) is 6.54 Å². The van der Waals surface area contributed by atoms with Crippen LogP contribution in [0.25, 0.3) is 5.65 Å². The number of nitrogens with one attached hydrogen (secondary N) is 2. The maximum absolute atomic E-state index is 12.6. The molecule has 0 aromatic carbocycles. The van der Waals surface area contributed by atoms with Crippen LogP contribution in [0.3, 0.4) is 0 Å². The normalized spacial score (nSPS) is 19.0. The Morgan fingerprint density at radius 1 is 1.17 bits per heavy atom. The number of carbonyl (C=O) groups is 2. The molecule has 0 bridgehead atoms. The van der Waals surface area contributed by atoms with E-state index in [9.17, 15) is 9.59 Å². The zero-order chi connectivity index (χ0) is 21.1. The molecule has 3 aromatic rings. The molecule has 1 aliphatic rings. The number of hydrogen-bond donors (Lipinski definition) is 2.